The van der Waals surface area contributed by atoms with Crippen LogP contribution < -0.4 is 0 Å². The summed E-state index contributed by atoms with van der Waals surface area (Å²) in [6, 6.07) is 17.8. The van der Waals surface area contributed by atoms with Crippen molar-refractivity contribution in [1.82, 2.24) is 0 Å². The van der Waals surface area contributed by atoms with Crippen molar-refractivity contribution in [2.75, 3.05) is 0 Å². The van der Waals surface area contributed by atoms with Crippen molar-refractivity contribution in [3.05, 3.63) is 82.6 Å². The van der Waals surface area contributed by atoms with Gasteiger partial charge in [0.25, 0.3) is 0 Å². The summed E-state index contributed by atoms with van der Waals surface area (Å²) < 4.78 is 6.04. The van der Waals surface area contributed by atoms with Crippen LogP contribution in [0.3, 0.4) is 0 Å². The molecule has 1 heterocycles. The molecule has 0 saturated carbocycles. The number of esters is 1. The Labute approximate surface area is 161 Å². The van der Waals surface area contributed by atoms with E-state index in [4.69, 9.17) is 4.74 Å². The van der Waals surface area contributed by atoms with Crippen LogP contribution in [0, 0.1) is 12.8 Å². The molecule has 3 rings (SSSR count). The van der Waals surface area contributed by atoms with E-state index >= 15 is 0 Å². The predicted molar refractivity (Wildman–Crippen MR) is 107 cm³/mol. The molecule has 0 radical (unpaired) electrons. The molecule has 0 amide bonds. The first kappa shape index (κ1) is 19.2. The van der Waals surface area contributed by atoms with Gasteiger partial charge in [-0.2, -0.15) is 0 Å². The molecule has 1 aliphatic rings. The molecule has 3 nitrogen and oxygen atoms in total. The van der Waals surface area contributed by atoms with Crippen LogP contribution in [0.5, 0.6) is 0 Å². The molecule has 142 valence electrons. The summed E-state index contributed by atoms with van der Waals surface area (Å²) in [7, 11) is 0. The van der Waals surface area contributed by atoms with E-state index in [0.29, 0.717) is 30.8 Å². The molecule has 3 heteroatoms. The first-order valence-electron chi connectivity index (χ1n) is 9.65. The van der Waals surface area contributed by atoms with E-state index in [1.54, 1.807) is 0 Å². The van der Waals surface area contributed by atoms with Crippen molar-refractivity contribution in [3.63, 3.8) is 0 Å². The van der Waals surface area contributed by atoms with Gasteiger partial charge < -0.3 is 9.84 Å². The fraction of sp³-hybridized carbons (Fsp3) is 0.375. The van der Waals surface area contributed by atoms with E-state index in [2.05, 4.69) is 13.8 Å². The van der Waals surface area contributed by atoms with Crippen LogP contribution in [0.25, 0.3) is 0 Å². The molecule has 27 heavy (non-hydrogen) atoms. The zero-order chi connectivity index (χ0) is 19.4. The van der Waals surface area contributed by atoms with E-state index in [9.17, 15) is 9.90 Å². The Bertz CT molecular complexity index is 836. The lowest BCUT2D eigenvalue weighted by molar-refractivity contribution is -0.162. The molecule has 2 aromatic carbocycles. The van der Waals surface area contributed by atoms with Gasteiger partial charge in [0.2, 0.25) is 0 Å². The van der Waals surface area contributed by atoms with Crippen molar-refractivity contribution < 1.29 is 14.6 Å². The van der Waals surface area contributed by atoms with Crippen molar-refractivity contribution in [2.24, 2.45) is 5.92 Å². The molecule has 1 unspecified atom stereocenters. The monoisotopic (exact) mass is 364 g/mol. The Hall–Kier alpha value is -2.55. The normalized spacial score (nSPS) is 20.1. The highest BCUT2D eigenvalue weighted by Crippen LogP contribution is 2.42. The zero-order valence-corrected chi connectivity index (χ0v) is 16.4. The summed E-state index contributed by atoms with van der Waals surface area (Å²) in [6.07, 6.45) is 2.34. The Morgan fingerprint density at radius 3 is 2.48 bits per heavy atom. The summed E-state index contributed by atoms with van der Waals surface area (Å²) in [4.78, 5) is 12.9. The minimum atomic E-state index is -0.789. The second kappa shape index (κ2) is 7.99. The van der Waals surface area contributed by atoms with E-state index in [0.717, 1.165) is 23.1 Å². The summed E-state index contributed by atoms with van der Waals surface area (Å²) in [5.41, 5.74) is 2.66. The molecule has 0 spiro atoms. The van der Waals surface area contributed by atoms with Crippen molar-refractivity contribution in [2.45, 2.75) is 52.1 Å². The lowest BCUT2D eigenvalue weighted by atomic mass is 9.80. The Kier molecular flexibility index (Phi) is 5.69. The molecule has 1 atom stereocenters. The molecule has 0 saturated heterocycles. The van der Waals surface area contributed by atoms with Gasteiger partial charge >= 0.3 is 5.97 Å². The predicted octanol–water partition coefficient (Wildman–Crippen LogP) is 5.63. The number of benzene rings is 2. The average molecular weight is 364 g/mol. The van der Waals surface area contributed by atoms with Gasteiger partial charge in [-0.25, -0.2) is 4.79 Å². The fourth-order valence-electron chi connectivity index (χ4n) is 3.68. The maximum absolute atomic E-state index is 12.9. The number of ether oxygens (including phenoxy) is 1. The second-order valence-corrected chi connectivity index (χ2v) is 7.95. The van der Waals surface area contributed by atoms with Crippen molar-refractivity contribution in [1.29, 1.82) is 0 Å². The van der Waals surface area contributed by atoms with Crippen LogP contribution in [-0.4, -0.2) is 11.1 Å². The Morgan fingerprint density at radius 1 is 1.11 bits per heavy atom. The van der Waals surface area contributed by atoms with Crippen LogP contribution in [0.2, 0.25) is 0 Å². The molecule has 0 aliphatic carbocycles. The van der Waals surface area contributed by atoms with Gasteiger partial charge in [0.05, 0.1) is 5.57 Å². The quantitative estimate of drug-likeness (QED) is 0.676. The van der Waals surface area contributed by atoms with E-state index < -0.39 is 11.6 Å². The Morgan fingerprint density at radius 2 is 1.85 bits per heavy atom. The number of hydrogen-bond acceptors (Lipinski definition) is 3. The molecular weight excluding hydrogens is 336 g/mol. The smallest absolute Gasteiger partial charge is 0.338 e. The van der Waals surface area contributed by atoms with Crippen LogP contribution in [0.15, 0.2) is 65.9 Å². The third-order valence-electron chi connectivity index (χ3n) is 5.22. The average Bonchev–Trinajstić information content (AvgIpc) is 2.64. The number of aliphatic hydroxyl groups is 1. The van der Waals surface area contributed by atoms with Crippen molar-refractivity contribution in [3.8, 4) is 0 Å². The van der Waals surface area contributed by atoms with Crippen molar-refractivity contribution >= 4 is 5.97 Å². The first-order valence-corrected chi connectivity index (χ1v) is 9.65. The Balaban J connectivity index is 1.93. The molecule has 0 aromatic heterocycles. The van der Waals surface area contributed by atoms with Gasteiger partial charge in [0.1, 0.15) is 11.4 Å². The van der Waals surface area contributed by atoms with Crippen LogP contribution in [0.1, 0.15) is 49.8 Å². The van der Waals surface area contributed by atoms with Gasteiger partial charge in [-0.3, -0.25) is 0 Å². The van der Waals surface area contributed by atoms with Gasteiger partial charge in [-0.05, 0) is 36.8 Å². The third-order valence-corrected chi connectivity index (χ3v) is 5.22. The maximum atomic E-state index is 12.9. The minimum Gasteiger partial charge on any atom is -0.512 e. The molecule has 1 N–H and O–H groups in total. The number of aliphatic hydroxyl groups excluding tert-OH is 1. The number of aryl methyl sites for hydroxylation is 1. The topological polar surface area (TPSA) is 46.5 Å². The van der Waals surface area contributed by atoms with E-state index in [1.165, 1.54) is 0 Å². The minimum absolute atomic E-state index is 0.153. The summed E-state index contributed by atoms with van der Waals surface area (Å²) >= 11 is 0. The lowest BCUT2D eigenvalue weighted by Crippen LogP contribution is -2.38. The molecule has 2 aromatic rings. The highest BCUT2D eigenvalue weighted by molar-refractivity contribution is 5.91. The summed E-state index contributed by atoms with van der Waals surface area (Å²) in [5.74, 6) is 0.234. The van der Waals surface area contributed by atoms with Crippen LogP contribution in [0.4, 0.5) is 0 Å². The highest BCUT2D eigenvalue weighted by atomic mass is 16.6. The standard InChI is InChI=1S/C24H28O3/c1-17(2)12-13-24(20-10-5-4-6-11-20)16-22(25)21(23(26)27-24)15-19-9-7-8-18(3)14-19/h4-11,14,17,25H,12-13,15-16H2,1-3H3. The van der Waals surface area contributed by atoms with E-state index in [-0.39, 0.29) is 5.76 Å². The summed E-state index contributed by atoms with van der Waals surface area (Å²) in [5, 5.41) is 10.8. The number of cyclic esters (lactones) is 1. The number of hydrogen-bond donors (Lipinski definition) is 1. The number of carbonyl (C=O) groups excluding carboxylic acids is 1. The lowest BCUT2D eigenvalue weighted by Gasteiger charge is -2.38. The summed E-state index contributed by atoms with van der Waals surface area (Å²) in [6.45, 7) is 6.33. The van der Waals surface area contributed by atoms with E-state index in [1.807, 2.05) is 61.5 Å². The first-order chi connectivity index (χ1) is 12.9. The second-order valence-electron chi connectivity index (χ2n) is 7.95. The highest BCUT2D eigenvalue weighted by Gasteiger charge is 2.43. The van der Waals surface area contributed by atoms with Gasteiger partial charge in [-0.1, -0.05) is 74.0 Å². The largest absolute Gasteiger partial charge is 0.512 e. The fourth-order valence-corrected chi connectivity index (χ4v) is 3.68. The molecular formula is C24H28O3. The molecule has 1 aliphatic heterocycles. The number of rotatable bonds is 6. The van der Waals surface area contributed by atoms with Gasteiger partial charge in [0, 0.05) is 12.8 Å². The SMILES string of the molecule is Cc1cccc(CC2=C(O)CC(CCC(C)C)(c3ccccc3)OC2=O)c1. The zero-order valence-electron chi connectivity index (χ0n) is 16.4. The molecule has 0 bridgehead atoms. The maximum Gasteiger partial charge on any atom is 0.338 e. The van der Waals surface area contributed by atoms with Crippen LogP contribution in [-0.2, 0) is 21.6 Å². The molecule has 0 fully saturated rings. The third kappa shape index (κ3) is 4.41. The number of carbonyl (C=O) groups is 1. The van der Waals surface area contributed by atoms with Crippen LogP contribution >= 0.6 is 0 Å². The van der Waals surface area contributed by atoms with Gasteiger partial charge in [0.15, 0.2) is 0 Å². The van der Waals surface area contributed by atoms with Gasteiger partial charge in [-0.15, -0.1) is 0 Å².